The van der Waals surface area contributed by atoms with E-state index < -0.39 is 0 Å². The first-order valence-corrected chi connectivity index (χ1v) is 4.45. The Hall–Kier alpha value is -0.840. The van der Waals surface area contributed by atoms with Gasteiger partial charge in [-0.05, 0) is 15.9 Å². The normalized spacial score (nSPS) is 15.0. The Morgan fingerprint density at radius 3 is 3.08 bits per heavy atom. The van der Waals surface area contributed by atoms with Crippen LogP contribution in [0.5, 0.6) is 0 Å². The molecule has 5 heteroatoms. The van der Waals surface area contributed by atoms with E-state index in [1.165, 1.54) is 0 Å². The molecule has 4 nitrogen and oxygen atoms in total. The lowest BCUT2D eigenvalue weighted by molar-refractivity contribution is 0.766. The summed E-state index contributed by atoms with van der Waals surface area (Å²) in [5.41, 5.74) is -0.199. The zero-order valence-corrected chi connectivity index (χ0v) is 8.21. The Labute approximate surface area is 78.0 Å². The minimum absolute atomic E-state index is 0.199. The maximum Gasteiger partial charge on any atom is 0.289 e. The van der Waals surface area contributed by atoms with Gasteiger partial charge in [-0.1, -0.05) is 0 Å². The molecule has 0 atom stereocenters. The zero-order chi connectivity index (χ0) is 8.72. The van der Waals surface area contributed by atoms with E-state index in [1.807, 2.05) is 16.5 Å². The molecule has 0 bridgehead atoms. The number of hydrogen-bond acceptors (Lipinski definition) is 3. The third-order valence-corrected chi connectivity index (χ3v) is 2.70. The third kappa shape index (κ3) is 0.964. The van der Waals surface area contributed by atoms with Crippen LogP contribution in [0.25, 0.3) is 0 Å². The molecule has 1 aromatic heterocycles. The summed E-state index contributed by atoms with van der Waals surface area (Å²) in [5.74, 6) is 0.926. The first-order chi connectivity index (χ1) is 5.70. The van der Waals surface area contributed by atoms with Crippen LogP contribution in [0.2, 0.25) is 0 Å². The van der Waals surface area contributed by atoms with Gasteiger partial charge in [-0.3, -0.25) is 4.79 Å². The minimum Gasteiger partial charge on any atom is -0.358 e. The van der Waals surface area contributed by atoms with Gasteiger partial charge in [0.25, 0.3) is 5.56 Å². The molecule has 0 fully saturated rings. The highest BCUT2D eigenvalue weighted by atomic mass is 79.9. The molecule has 1 aromatic rings. The Morgan fingerprint density at radius 1 is 1.58 bits per heavy atom. The molecule has 2 heterocycles. The molecule has 2 rings (SSSR count). The van der Waals surface area contributed by atoms with Gasteiger partial charge in [0.2, 0.25) is 0 Å². The number of rotatable bonds is 0. The molecule has 1 aliphatic rings. The van der Waals surface area contributed by atoms with Crippen LogP contribution >= 0.6 is 15.9 Å². The fraction of sp³-hybridized carbons (Fsp3) is 0.429. The van der Waals surface area contributed by atoms with Gasteiger partial charge in [-0.25, -0.2) is 0 Å². The largest absolute Gasteiger partial charge is 0.358 e. The standard InChI is InChI=1S/C7H8BrN3O/c1-10-2-3-11-4-9-6(12)5(8)7(10)11/h4H,2-3H2,1H3. The van der Waals surface area contributed by atoms with E-state index >= 15 is 0 Å². The molecule has 0 amide bonds. The first kappa shape index (κ1) is 7.79. The van der Waals surface area contributed by atoms with Crippen molar-refractivity contribution in [3.8, 4) is 0 Å². The van der Waals surface area contributed by atoms with Gasteiger partial charge in [-0.15, -0.1) is 0 Å². The van der Waals surface area contributed by atoms with Gasteiger partial charge in [0, 0.05) is 20.1 Å². The molecule has 0 saturated carbocycles. The Morgan fingerprint density at radius 2 is 2.33 bits per heavy atom. The van der Waals surface area contributed by atoms with Gasteiger partial charge in [0.15, 0.2) is 0 Å². The van der Waals surface area contributed by atoms with Crippen molar-refractivity contribution in [1.29, 1.82) is 0 Å². The predicted molar refractivity (Wildman–Crippen MR) is 49.5 cm³/mol. The lowest BCUT2D eigenvalue weighted by atomic mass is 10.5. The molecule has 0 radical (unpaired) electrons. The van der Waals surface area contributed by atoms with Crippen LogP contribution in [0.4, 0.5) is 5.82 Å². The van der Waals surface area contributed by atoms with Gasteiger partial charge < -0.3 is 9.47 Å². The Balaban J connectivity index is 2.71. The van der Waals surface area contributed by atoms with Crippen LogP contribution in [-0.4, -0.2) is 23.1 Å². The van der Waals surface area contributed by atoms with Crippen molar-refractivity contribution in [2.75, 3.05) is 18.5 Å². The summed E-state index contributed by atoms with van der Waals surface area (Å²) in [6, 6.07) is 0. The highest BCUT2D eigenvalue weighted by molar-refractivity contribution is 9.10. The van der Waals surface area contributed by atoms with Crippen LogP contribution in [0.1, 0.15) is 0 Å². The second-order valence-corrected chi connectivity index (χ2v) is 3.60. The monoisotopic (exact) mass is 229 g/mol. The molecule has 0 aromatic carbocycles. The molecule has 0 unspecified atom stereocenters. The van der Waals surface area contributed by atoms with Crippen molar-refractivity contribution in [3.63, 3.8) is 0 Å². The zero-order valence-electron chi connectivity index (χ0n) is 6.62. The van der Waals surface area contributed by atoms with Crippen molar-refractivity contribution >= 4 is 21.7 Å². The van der Waals surface area contributed by atoms with E-state index in [0.29, 0.717) is 4.47 Å². The van der Waals surface area contributed by atoms with Crippen LogP contribution in [-0.2, 0) is 6.54 Å². The van der Waals surface area contributed by atoms with Crippen molar-refractivity contribution in [2.45, 2.75) is 6.54 Å². The van der Waals surface area contributed by atoms with E-state index in [4.69, 9.17) is 0 Å². The van der Waals surface area contributed by atoms with Crippen LogP contribution < -0.4 is 10.5 Å². The van der Waals surface area contributed by atoms with Crippen LogP contribution in [0.15, 0.2) is 15.6 Å². The van der Waals surface area contributed by atoms with Gasteiger partial charge in [0.05, 0.1) is 0 Å². The summed E-state index contributed by atoms with van der Waals surface area (Å²) in [6.07, 6.45) is 1.59. The lowest BCUT2D eigenvalue weighted by Crippen LogP contribution is -2.17. The average molecular weight is 230 g/mol. The van der Waals surface area contributed by atoms with Gasteiger partial charge in [-0.2, -0.15) is 4.98 Å². The maximum atomic E-state index is 11.1. The van der Waals surface area contributed by atoms with E-state index in [-0.39, 0.29) is 5.56 Å². The highest BCUT2D eigenvalue weighted by Gasteiger charge is 2.19. The molecule has 12 heavy (non-hydrogen) atoms. The molecule has 0 aliphatic carbocycles. The summed E-state index contributed by atoms with van der Waals surface area (Å²) in [5, 5.41) is 0. The Kier molecular flexibility index (Phi) is 1.68. The van der Waals surface area contributed by atoms with Crippen LogP contribution in [0, 0.1) is 0 Å². The van der Waals surface area contributed by atoms with E-state index in [9.17, 15) is 4.79 Å². The van der Waals surface area contributed by atoms with Crippen LogP contribution in [0.3, 0.4) is 0 Å². The topological polar surface area (TPSA) is 38.1 Å². The average Bonchev–Trinajstić information content (AvgIpc) is 2.41. The third-order valence-electron chi connectivity index (χ3n) is 2.01. The van der Waals surface area contributed by atoms with Crippen molar-refractivity contribution in [3.05, 3.63) is 21.2 Å². The lowest BCUT2D eigenvalue weighted by Gasteiger charge is -2.11. The molecule has 0 saturated heterocycles. The molecule has 0 spiro atoms. The summed E-state index contributed by atoms with van der Waals surface area (Å²) < 4.78 is 2.52. The number of halogens is 1. The van der Waals surface area contributed by atoms with E-state index in [1.54, 1.807) is 6.33 Å². The molecular formula is C7H8BrN3O. The number of fused-ring (bicyclic) bond motifs is 1. The fourth-order valence-corrected chi connectivity index (χ4v) is 2.00. The highest BCUT2D eigenvalue weighted by Crippen LogP contribution is 2.24. The second kappa shape index (κ2) is 2.58. The number of likely N-dealkylation sites (N-methyl/N-ethyl adjacent to an activating group) is 1. The van der Waals surface area contributed by atoms with Gasteiger partial charge in [0.1, 0.15) is 16.6 Å². The minimum atomic E-state index is -0.199. The fourth-order valence-electron chi connectivity index (χ4n) is 1.37. The summed E-state index contributed by atoms with van der Waals surface area (Å²) in [6.45, 7) is 1.83. The number of nitrogens with zero attached hydrogens (tertiary/aromatic N) is 3. The molecule has 1 aliphatic heterocycles. The summed E-state index contributed by atoms with van der Waals surface area (Å²) in [7, 11) is 1.96. The summed E-state index contributed by atoms with van der Waals surface area (Å²) in [4.78, 5) is 16.9. The van der Waals surface area contributed by atoms with Gasteiger partial charge >= 0.3 is 0 Å². The Bertz CT molecular complexity index is 373. The second-order valence-electron chi connectivity index (χ2n) is 2.80. The molecule has 0 N–H and O–H groups in total. The number of hydrogen-bond donors (Lipinski definition) is 0. The number of anilines is 1. The molecule has 64 valence electrons. The predicted octanol–water partition coefficient (Wildman–Crippen LogP) is 0.456. The SMILES string of the molecule is CN1CCn2cnc(=O)c(Br)c21. The number of aromatic nitrogens is 2. The van der Waals surface area contributed by atoms with Crippen molar-refractivity contribution in [2.24, 2.45) is 0 Å². The smallest absolute Gasteiger partial charge is 0.289 e. The van der Waals surface area contributed by atoms with Crippen molar-refractivity contribution in [1.82, 2.24) is 9.55 Å². The van der Waals surface area contributed by atoms with E-state index in [0.717, 1.165) is 18.9 Å². The molecular weight excluding hydrogens is 222 g/mol. The quantitative estimate of drug-likeness (QED) is 0.649. The maximum absolute atomic E-state index is 11.1. The van der Waals surface area contributed by atoms with Crippen molar-refractivity contribution < 1.29 is 0 Å². The van der Waals surface area contributed by atoms with E-state index in [2.05, 4.69) is 20.9 Å². The summed E-state index contributed by atoms with van der Waals surface area (Å²) >= 11 is 3.23. The first-order valence-electron chi connectivity index (χ1n) is 3.66.